The van der Waals surface area contributed by atoms with Gasteiger partial charge in [-0.2, -0.15) is 0 Å². The third kappa shape index (κ3) is 9.87. The van der Waals surface area contributed by atoms with E-state index in [1.165, 1.54) is 7.11 Å². The largest absolute Gasteiger partial charge is 0.481 e. The minimum absolute atomic E-state index is 0. The van der Waals surface area contributed by atoms with Crippen LogP contribution in [0.2, 0.25) is 0 Å². The van der Waals surface area contributed by atoms with E-state index in [0.29, 0.717) is 0 Å². The van der Waals surface area contributed by atoms with Gasteiger partial charge in [-0.25, -0.2) is 0 Å². The molecule has 0 heterocycles. The van der Waals surface area contributed by atoms with E-state index in [1.807, 2.05) is 0 Å². The molecule has 14 heavy (non-hydrogen) atoms. The van der Waals surface area contributed by atoms with Crippen molar-refractivity contribution in [2.24, 2.45) is 5.92 Å². The van der Waals surface area contributed by atoms with Crippen LogP contribution < -0.4 is 0 Å². The van der Waals surface area contributed by atoms with Crippen LogP contribution in [0.1, 0.15) is 19.8 Å². The van der Waals surface area contributed by atoms with Gasteiger partial charge in [0.05, 0.1) is 20.0 Å². The van der Waals surface area contributed by atoms with Gasteiger partial charge in [-0.05, 0) is 5.92 Å². The Kier molecular flexibility index (Phi) is 10.8. The molecule has 0 aliphatic rings. The van der Waals surface area contributed by atoms with Gasteiger partial charge in [-0.15, -0.1) is 0 Å². The van der Waals surface area contributed by atoms with Gasteiger partial charge in [0, 0.05) is 32.7 Å². The van der Waals surface area contributed by atoms with Gasteiger partial charge >= 0.3 is 11.9 Å². The number of carbonyl (C=O) groups is 2. The number of allylic oxidation sites excluding steroid dienone is 1. The second kappa shape index (κ2) is 9.34. The van der Waals surface area contributed by atoms with Crippen LogP contribution in [0.4, 0.5) is 0 Å². The van der Waals surface area contributed by atoms with Crippen LogP contribution in [-0.4, -0.2) is 24.2 Å². The summed E-state index contributed by atoms with van der Waals surface area (Å²) < 4.78 is 4.41. The molecule has 1 radical (unpaired) electrons. The van der Waals surface area contributed by atoms with Gasteiger partial charge in [0.15, 0.2) is 0 Å². The number of hydrogen-bond donors (Lipinski definition) is 1. The van der Waals surface area contributed by atoms with Gasteiger partial charge in [-0.3, -0.25) is 9.59 Å². The number of carboxylic acids is 1. The van der Waals surface area contributed by atoms with Crippen LogP contribution in [0.3, 0.4) is 0 Å². The molecule has 0 amide bonds. The van der Waals surface area contributed by atoms with Crippen molar-refractivity contribution >= 4 is 11.9 Å². The Hall–Kier alpha value is -0.216. The topological polar surface area (TPSA) is 63.6 Å². The van der Waals surface area contributed by atoms with E-state index in [-0.39, 0.29) is 57.4 Å². The zero-order chi connectivity index (χ0) is 10.3. The number of aliphatic carboxylic acids is 1. The summed E-state index contributed by atoms with van der Waals surface area (Å²) in [6.07, 6.45) is 3.60. The number of esters is 1. The summed E-state index contributed by atoms with van der Waals surface area (Å²) in [5.74, 6) is -1.21. The molecular formula is C9H14O4Y. The number of rotatable bonds is 5. The first kappa shape index (κ1) is 16.2. The second-order valence-corrected chi connectivity index (χ2v) is 2.78. The maximum atomic E-state index is 10.6. The van der Waals surface area contributed by atoms with Crippen molar-refractivity contribution < 1.29 is 52.1 Å². The molecule has 0 aliphatic heterocycles. The molecule has 0 aromatic carbocycles. The molecule has 77 valence electrons. The van der Waals surface area contributed by atoms with Crippen LogP contribution in [0.5, 0.6) is 0 Å². The molecule has 1 atom stereocenters. The monoisotopic (exact) mass is 275 g/mol. The van der Waals surface area contributed by atoms with Crippen molar-refractivity contribution in [1.82, 2.24) is 0 Å². The van der Waals surface area contributed by atoms with E-state index >= 15 is 0 Å². The van der Waals surface area contributed by atoms with E-state index in [9.17, 15) is 9.59 Å². The molecule has 0 saturated heterocycles. The van der Waals surface area contributed by atoms with Gasteiger partial charge in [0.25, 0.3) is 0 Å². The molecule has 0 rings (SSSR count). The Morgan fingerprint density at radius 1 is 1.50 bits per heavy atom. The fourth-order valence-electron chi connectivity index (χ4n) is 0.823. The SMILES string of the molecule is COC(=O)C/C=C/C(C)CC(=O)O.[Y]. The third-order valence-corrected chi connectivity index (χ3v) is 1.47. The minimum Gasteiger partial charge on any atom is -0.481 e. The number of carboxylic acid groups (broad SMARTS) is 1. The second-order valence-electron chi connectivity index (χ2n) is 2.78. The Morgan fingerprint density at radius 2 is 2.07 bits per heavy atom. The van der Waals surface area contributed by atoms with Crippen molar-refractivity contribution in [1.29, 1.82) is 0 Å². The molecule has 4 nitrogen and oxygen atoms in total. The van der Waals surface area contributed by atoms with E-state index < -0.39 is 5.97 Å². The maximum absolute atomic E-state index is 10.6. The summed E-state index contributed by atoms with van der Waals surface area (Å²) in [6, 6.07) is 0. The average molecular weight is 275 g/mol. The molecule has 0 bridgehead atoms. The number of ether oxygens (including phenoxy) is 1. The van der Waals surface area contributed by atoms with Crippen molar-refractivity contribution in [3.05, 3.63) is 12.2 Å². The number of hydrogen-bond acceptors (Lipinski definition) is 3. The third-order valence-electron chi connectivity index (χ3n) is 1.47. The van der Waals surface area contributed by atoms with Crippen molar-refractivity contribution in [2.75, 3.05) is 7.11 Å². The van der Waals surface area contributed by atoms with E-state index in [2.05, 4.69) is 4.74 Å². The van der Waals surface area contributed by atoms with Crippen LogP contribution in [-0.2, 0) is 47.0 Å². The molecular weight excluding hydrogens is 261 g/mol. The molecule has 1 N–H and O–H groups in total. The van der Waals surface area contributed by atoms with E-state index in [1.54, 1.807) is 19.1 Å². The summed E-state index contributed by atoms with van der Waals surface area (Å²) in [5, 5.41) is 8.41. The quantitative estimate of drug-likeness (QED) is 0.605. The smallest absolute Gasteiger partial charge is 0.309 e. The summed E-state index contributed by atoms with van der Waals surface area (Å²) in [4.78, 5) is 20.9. The first-order chi connectivity index (χ1) is 6.06. The van der Waals surface area contributed by atoms with Gasteiger partial charge in [0.2, 0.25) is 0 Å². The van der Waals surface area contributed by atoms with Crippen molar-refractivity contribution in [3.8, 4) is 0 Å². The molecule has 0 fully saturated rings. The predicted octanol–water partition coefficient (Wildman–Crippen LogP) is 1.21. The zero-order valence-corrected chi connectivity index (χ0v) is 11.2. The molecule has 0 aromatic rings. The van der Waals surface area contributed by atoms with Gasteiger partial charge < -0.3 is 9.84 Å². The van der Waals surface area contributed by atoms with E-state index in [0.717, 1.165) is 0 Å². The first-order valence-corrected chi connectivity index (χ1v) is 4.01. The Balaban J connectivity index is 0. The Labute approximate surface area is 109 Å². The fraction of sp³-hybridized carbons (Fsp3) is 0.556. The molecule has 0 saturated carbocycles. The standard InChI is InChI=1S/C9H14O4.Y/c1-7(6-8(10)11)4-3-5-9(12)13-2;/h3-4,7H,5-6H2,1-2H3,(H,10,11);/b4-3+;. The fourth-order valence-corrected chi connectivity index (χ4v) is 0.823. The van der Waals surface area contributed by atoms with Crippen molar-refractivity contribution in [2.45, 2.75) is 19.8 Å². The van der Waals surface area contributed by atoms with Crippen LogP contribution in [0, 0.1) is 5.92 Å². The Bertz CT molecular complexity index is 213. The number of carbonyl (C=O) groups excluding carboxylic acids is 1. The minimum atomic E-state index is -0.838. The first-order valence-electron chi connectivity index (χ1n) is 4.01. The Morgan fingerprint density at radius 3 is 2.50 bits per heavy atom. The van der Waals surface area contributed by atoms with E-state index in [4.69, 9.17) is 5.11 Å². The molecule has 0 spiro atoms. The molecule has 0 aromatic heterocycles. The summed E-state index contributed by atoms with van der Waals surface area (Å²) >= 11 is 0. The molecule has 0 aliphatic carbocycles. The van der Waals surface area contributed by atoms with Crippen LogP contribution in [0.15, 0.2) is 12.2 Å². The zero-order valence-electron chi connectivity index (χ0n) is 8.40. The maximum Gasteiger partial charge on any atom is 0.309 e. The summed E-state index contributed by atoms with van der Waals surface area (Å²) in [6.45, 7) is 1.78. The average Bonchev–Trinajstić information content (AvgIpc) is 2.02. The normalized spacial score (nSPS) is 11.9. The number of methoxy groups -OCH3 is 1. The van der Waals surface area contributed by atoms with Crippen LogP contribution >= 0.6 is 0 Å². The van der Waals surface area contributed by atoms with Gasteiger partial charge in [-0.1, -0.05) is 19.1 Å². The molecule has 5 heteroatoms. The summed E-state index contributed by atoms with van der Waals surface area (Å²) in [7, 11) is 1.32. The van der Waals surface area contributed by atoms with Crippen LogP contribution in [0.25, 0.3) is 0 Å². The molecule has 1 unspecified atom stereocenters. The summed E-state index contributed by atoms with van der Waals surface area (Å²) in [5.41, 5.74) is 0. The predicted molar refractivity (Wildman–Crippen MR) is 47.2 cm³/mol. The van der Waals surface area contributed by atoms with Crippen molar-refractivity contribution in [3.63, 3.8) is 0 Å². The van der Waals surface area contributed by atoms with Gasteiger partial charge in [0.1, 0.15) is 0 Å².